The fraction of sp³-hybridized carbons (Fsp3) is 0.611. The number of benzene rings is 1. The minimum absolute atomic E-state index is 0.120. The zero-order valence-electron chi connectivity index (χ0n) is 15.6. The Morgan fingerprint density at radius 2 is 1.67 bits per heavy atom. The molecule has 2 aliphatic heterocycles. The molecule has 7 nitrogen and oxygen atoms in total. The van der Waals surface area contributed by atoms with E-state index in [9.17, 15) is 17.4 Å². The second-order valence-corrected chi connectivity index (χ2v) is 10.5. The monoisotopic (exact) mass is 414 g/mol. The molecule has 0 N–H and O–H groups in total. The summed E-state index contributed by atoms with van der Waals surface area (Å²) < 4.78 is 44.5. The second kappa shape index (κ2) is 8.70. The zero-order chi connectivity index (χ0) is 19.4. The molecule has 9 heteroatoms. The van der Waals surface area contributed by atoms with E-state index in [0.29, 0.717) is 43.4 Å². The van der Waals surface area contributed by atoms with Gasteiger partial charge in [0.15, 0.2) is 0 Å². The van der Waals surface area contributed by atoms with Gasteiger partial charge in [0.2, 0.25) is 10.0 Å². The van der Waals surface area contributed by atoms with Crippen LogP contribution in [-0.2, 0) is 20.8 Å². The lowest BCUT2D eigenvalue weighted by Crippen LogP contribution is -2.42. The molecule has 3 rings (SSSR count). The van der Waals surface area contributed by atoms with Crippen molar-refractivity contribution >= 4 is 26.7 Å². The quantitative estimate of drug-likeness (QED) is 0.745. The molecule has 0 atom stereocenters. The summed E-state index contributed by atoms with van der Waals surface area (Å²) in [4.78, 5) is 14.7. The topological polar surface area (TPSA) is 84.0 Å². The van der Waals surface area contributed by atoms with Crippen molar-refractivity contribution in [1.82, 2.24) is 9.21 Å². The molecule has 1 aromatic rings. The summed E-state index contributed by atoms with van der Waals surface area (Å²) in [5.74, 6) is 0.956. The van der Waals surface area contributed by atoms with Crippen LogP contribution in [0.3, 0.4) is 0 Å². The first-order chi connectivity index (χ1) is 12.9. The molecule has 0 aromatic heterocycles. The van der Waals surface area contributed by atoms with Crippen LogP contribution in [0, 0.1) is 0 Å². The van der Waals surface area contributed by atoms with Crippen molar-refractivity contribution in [3.63, 3.8) is 0 Å². The highest BCUT2D eigenvalue weighted by atomic mass is 32.2. The van der Waals surface area contributed by atoms with Gasteiger partial charge in [-0.3, -0.25) is 9.00 Å². The van der Waals surface area contributed by atoms with E-state index in [1.54, 1.807) is 11.0 Å². The van der Waals surface area contributed by atoms with Gasteiger partial charge in [0.1, 0.15) is 5.75 Å². The van der Waals surface area contributed by atoms with Crippen molar-refractivity contribution < 1.29 is 22.2 Å². The maximum absolute atomic E-state index is 13.1. The number of rotatable bonds is 4. The number of methoxy groups -OCH3 is 1. The summed E-state index contributed by atoms with van der Waals surface area (Å²) in [6.45, 7) is 1.82. The molecule has 0 unspecified atom stereocenters. The summed E-state index contributed by atoms with van der Waals surface area (Å²) in [7, 11) is -3.08. The molecule has 1 aromatic carbocycles. The molecule has 150 valence electrons. The van der Waals surface area contributed by atoms with E-state index >= 15 is 0 Å². The molecule has 2 aliphatic rings. The summed E-state index contributed by atoms with van der Waals surface area (Å²) in [5, 5.41) is 0. The molecule has 0 saturated carbocycles. The third-order valence-corrected chi connectivity index (χ3v) is 8.24. The minimum atomic E-state index is -3.65. The van der Waals surface area contributed by atoms with Crippen molar-refractivity contribution in [3.05, 3.63) is 23.8 Å². The lowest BCUT2D eigenvalue weighted by molar-refractivity contribution is 0.0767. The van der Waals surface area contributed by atoms with Gasteiger partial charge in [-0.2, -0.15) is 4.31 Å². The van der Waals surface area contributed by atoms with Crippen LogP contribution in [0.15, 0.2) is 23.1 Å². The fourth-order valence-corrected chi connectivity index (χ4v) is 6.05. The summed E-state index contributed by atoms with van der Waals surface area (Å²) in [5.41, 5.74) is 0.237. The number of carbonyl (C=O) groups is 1. The molecular formula is C18H26N2O5S2. The predicted molar refractivity (Wildman–Crippen MR) is 104 cm³/mol. The Hall–Kier alpha value is -1.45. The number of nitrogens with zero attached hydrogens (tertiary/aromatic N) is 2. The number of carbonyl (C=O) groups excluding carboxylic acids is 1. The third-order valence-electron chi connectivity index (χ3n) is 5.07. The SMILES string of the molecule is COc1ccc(S(=O)(=O)N2CCCCCC2)cc1C(=O)N1CCS(=O)CC1. The normalized spacial score (nSPS) is 20.3. The average Bonchev–Trinajstić information content (AvgIpc) is 2.97. The predicted octanol–water partition coefficient (Wildman–Crippen LogP) is 1.46. The van der Waals surface area contributed by atoms with Crippen molar-refractivity contribution in [2.24, 2.45) is 0 Å². The van der Waals surface area contributed by atoms with E-state index in [1.807, 2.05) is 0 Å². The van der Waals surface area contributed by atoms with Crippen LogP contribution in [-0.4, -0.2) is 72.5 Å². The molecule has 0 bridgehead atoms. The van der Waals surface area contributed by atoms with Gasteiger partial charge in [-0.25, -0.2) is 8.42 Å². The van der Waals surface area contributed by atoms with E-state index < -0.39 is 20.8 Å². The van der Waals surface area contributed by atoms with Gasteiger partial charge < -0.3 is 9.64 Å². The summed E-state index contributed by atoms with van der Waals surface area (Å²) >= 11 is 0. The van der Waals surface area contributed by atoms with Crippen LogP contribution in [0.25, 0.3) is 0 Å². The van der Waals surface area contributed by atoms with E-state index in [2.05, 4.69) is 0 Å². The number of sulfonamides is 1. The van der Waals surface area contributed by atoms with Crippen molar-refractivity contribution in [1.29, 1.82) is 0 Å². The summed E-state index contributed by atoms with van der Waals surface area (Å²) in [6.07, 6.45) is 3.78. The number of amides is 1. The van der Waals surface area contributed by atoms with Gasteiger partial charge in [-0.15, -0.1) is 0 Å². The highest BCUT2D eigenvalue weighted by Crippen LogP contribution is 2.27. The fourth-order valence-electron chi connectivity index (χ4n) is 3.46. The standard InChI is InChI=1S/C18H26N2O5S2/c1-25-17-7-6-15(27(23,24)20-8-4-2-3-5-9-20)14-16(17)18(21)19-10-12-26(22)13-11-19/h6-7,14H,2-5,8-13H2,1H3. The van der Waals surface area contributed by atoms with Gasteiger partial charge in [0.05, 0.1) is 17.6 Å². The van der Waals surface area contributed by atoms with Gasteiger partial charge in [-0.1, -0.05) is 12.8 Å². The molecule has 1 amide bonds. The molecule has 2 fully saturated rings. The Morgan fingerprint density at radius 1 is 1.04 bits per heavy atom. The first kappa shape index (κ1) is 20.3. The molecule has 0 spiro atoms. The van der Waals surface area contributed by atoms with E-state index in [0.717, 1.165) is 25.7 Å². The Bertz CT molecular complexity index is 807. The number of hydrogen-bond donors (Lipinski definition) is 0. The zero-order valence-corrected chi connectivity index (χ0v) is 17.2. The Kier molecular flexibility index (Phi) is 6.54. The average molecular weight is 415 g/mol. The molecule has 0 aliphatic carbocycles. The second-order valence-electron chi connectivity index (χ2n) is 6.82. The van der Waals surface area contributed by atoms with Crippen LogP contribution in [0.5, 0.6) is 5.75 Å². The third kappa shape index (κ3) is 4.52. The van der Waals surface area contributed by atoms with Crippen molar-refractivity contribution in [3.8, 4) is 5.75 Å². The van der Waals surface area contributed by atoms with Crippen LogP contribution < -0.4 is 4.74 Å². The molecule has 0 radical (unpaired) electrons. The molecular weight excluding hydrogens is 388 g/mol. The first-order valence-electron chi connectivity index (χ1n) is 9.26. The molecule has 27 heavy (non-hydrogen) atoms. The molecule has 2 heterocycles. The van der Waals surface area contributed by atoms with Crippen LogP contribution >= 0.6 is 0 Å². The van der Waals surface area contributed by atoms with Crippen LogP contribution in [0.1, 0.15) is 36.0 Å². The van der Waals surface area contributed by atoms with Gasteiger partial charge in [0.25, 0.3) is 5.91 Å². The number of hydrogen-bond acceptors (Lipinski definition) is 5. The highest BCUT2D eigenvalue weighted by molar-refractivity contribution is 7.89. The lowest BCUT2D eigenvalue weighted by atomic mass is 10.1. The number of ether oxygens (including phenoxy) is 1. The highest BCUT2D eigenvalue weighted by Gasteiger charge is 2.29. The van der Waals surface area contributed by atoms with Gasteiger partial charge >= 0.3 is 0 Å². The van der Waals surface area contributed by atoms with E-state index in [-0.39, 0.29) is 16.4 Å². The van der Waals surface area contributed by atoms with Crippen LogP contribution in [0.2, 0.25) is 0 Å². The van der Waals surface area contributed by atoms with E-state index in [4.69, 9.17) is 4.74 Å². The molecule has 2 saturated heterocycles. The van der Waals surface area contributed by atoms with Crippen LogP contribution in [0.4, 0.5) is 0 Å². The maximum atomic E-state index is 13.1. The Morgan fingerprint density at radius 3 is 2.26 bits per heavy atom. The van der Waals surface area contributed by atoms with Crippen molar-refractivity contribution in [2.45, 2.75) is 30.6 Å². The Labute approximate surface area is 163 Å². The summed E-state index contributed by atoms with van der Waals surface area (Å²) in [6, 6.07) is 4.47. The van der Waals surface area contributed by atoms with Crippen molar-refractivity contribution in [2.75, 3.05) is 44.8 Å². The van der Waals surface area contributed by atoms with Gasteiger partial charge in [-0.05, 0) is 31.0 Å². The van der Waals surface area contributed by atoms with Gasteiger partial charge in [0, 0.05) is 48.5 Å². The first-order valence-corrected chi connectivity index (χ1v) is 12.2. The lowest BCUT2D eigenvalue weighted by Gasteiger charge is -2.27. The maximum Gasteiger partial charge on any atom is 0.257 e. The minimum Gasteiger partial charge on any atom is -0.496 e. The Balaban J connectivity index is 1.90. The smallest absolute Gasteiger partial charge is 0.257 e. The largest absolute Gasteiger partial charge is 0.496 e. The van der Waals surface area contributed by atoms with E-state index in [1.165, 1.54) is 23.5 Å².